The van der Waals surface area contributed by atoms with Gasteiger partial charge in [0.15, 0.2) is 0 Å². The molecule has 0 spiro atoms. The summed E-state index contributed by atoms with van der Waals surface area (Å²) in [4.78, 5) is 16.6. The maximum atomic E-state index is 5.27. The molecule has 0 radical (unpaired) electrons. The van der Waals surface area contributed by atoms with Crippen LogP contribution in [0.3, 0.4) is 0 Å². The van der Waals surface area contributed by atoms with Gasteiger partial charge in [0.25, 0.3) is 5.95 Å². The third kappa shape index (κ3) is 3.85. The largest absolute Gasteiger partial charge is 0.382 e. The van der Waals surface area contributed by atoms with Crippen LogP contribution >= 0.6 is 0 Å². The number of ether oxygens (including phenoxy) is 1. The molecule has 2 heterocycles. The summed E-state index contributed by atoms with van der Waals surface area (Å²) in [6.45, 7) is 4.14. The van der Waals surface area contributed by atoms with Crippen LogP contribution in [-0.4, -0.2) is 56.5 Å². The van der Waals surface area contributed by atoms with Gasteiger partial charge >= 0.3 is 0 Å². The van der Waals surface area contributed by atoms with E-state index < -0.39 is 0 Å². The van der Waals surface area contributed by atoms with Gasteiger partial charge in [-0.2, -0.15) is 24.7 Å². The number of anilines is 2. The van der Waals surface area contributed by atoms with Crippen molar-refractivity contribution in [2.75, 3.05) is 37.4 Å². The van der Waals surface area contributed by atoms with E-state index in [1.54, 1.807) is 7.05 Å². The van der Waals surface area contributed by atoms with Gasteiger partial charge in [0.1, 0.15) is 12.7 Å². The van der Waals surface area contributed by atoms with Crippen LogP contribution in [0.25, 0.3) is 5.95 Å². The van der Waals surface area contributed by atoms with Gasteiger partial charge in [-0.3, -0.25) is 0 Å². The highest BCUT2D eigenvalue weighted by Crippen LogP contribution is 2.07. The Balaban J connectivity index is 2.03. The molecule has 0 amide bonds. The highest BCUT2D eigenvalue weighted by Gasteiger charge is 2.07. The Kier molecular flexibility index (Phi) is 5.18. The zero-order valence-corrected chi connectivity index (χ0v) is 11.6. The zero-order valence-electron chi connectivity index (χ0n) is 11.6. The Labute approximate surface area is 116 Å². The summed E-state index contributed by atoms with van der Waals surface area (Å²) in [6, 6.07) is 0. The SMILES string of the molecule is CCOCCCNc1nc(NC)nc(-n2cncn2)n1. The van der Waals surface area contributed by atoms with Crippen molar-refractivity contribution in [2.24, 2.45) is 0 Å². The summed E-state index contributed by atoms with van der Waals surface area (Å²) in [7, 11) is 1.75. The van der Waals surface area contributed by atoms with Crippen LogP contribution in [-0.2, 0) is 4.74 Å². The molecule has 0 saturated heterocycles. The molecule has 0 atom stereocenters. The van der Waals surface area contributed by atoms with Crippen LogP contribution in [0.5, 0.6) is 0 Å². The molecule has 2 aromatic rings. The lowest BCUT2D eigenvalue weighted by Gasteiger charge is -2.08. The molecule has 9 nitrogen and oxygen atoms in total. The van der Waals surface area contributed by atoms with Crippen molar-refractivity contribution in [3.8, 4) is 5.95 Å². The summed E-state index contributed by atoms with van der Waals surface area (Å²) < 4.78 is 6.75. The number of hydrogen-bond donors (Lipinski definition) is 2. The van der Waals surface area contributed by atoms with Gasteiger partial charge in [-0.25, -0.2) is 4.98 Å². The summed E-state index contributed by atoms with van der Waals surface area (Å²) in [6.07, 6.45) is 3.85. The number of hydrogen-bond acceptors (Lipinski definition) is 8. The molecule has 0 aliphatic rings. The van der Waals surface area contributed by atoms with Gasteiger partial charge in [-0.15, -0.1) is 0 Å². The molecule has 0 unspecified atom stereocenters. The van der Waals surface area contributed by atoms with E-state index in [1.807, 2.05) is 6.92 Å². The predicted molar refractivity (Wildman–Crippen MR) is 73.9 cm³/mol. The number of rotatable bonds is 8. The summed E-state index contributed by atoms with van der Waals surface area (Å²) in [5.41, 5.74) is 0. The fourth-order valence-corrected chi connectivity index (χ4v) is 1.49. The van der Waals surface area contributed by atoms with Crippen molar-refractivity contribution < 1.29 is 4.74 Å². The van der Waals surface area contributed by atoms with E-state index in [9.17, 15) is 0 Å². The molecule has 0 fully saturated rings. The van der Waals surface area contributed by atoms with Gasteiger partial charge in [0.2, 0.25) is 11.9 Å². The van der Waals surface area contributed by atoms with Crippen LogP contribution in [0.2, 0.25) is 0 Å². The van der Waals surface area contributed by atoms with Gasteiger partial charge < -0.3 is 15.4 Å². The Morgan fingerprint density at radius 2 is 2.10 bits per heavy atom. The molecule has 0 bridgehead atoms. The predicted octanol–water partition coefficient (Wildman–Crippen LogP) is 0.332. The smallest absolute Gasteiger partial charge is 0.258 e. The normalized spacial score (nSPS) is 10.5. The van der Waals surface area contributed by atoms with E-state index in [0.717, 1.165) is 19.6 Å². The first-order chi connectivity index (χ1) is 9.83. The molecule has 2 rings (SSSR count). The summed E-state index contributed by atoms with van der Waals surface area (Å²) in [5.74, 6) is 1.37. The lowest BCUT2D eigenvalue weighted by atomic mass is 10.4. The van der Waals surface area contributed by atoms with E-state index in [2.05, 4.69) is 35.7 Å². The van der Waals surface area contributed by atoms with Crippen LogP contribution in [0.1, 0.15) is 13.3 Å². The highest BCUT2D eigenvalue weighted by molar-refractivity contribution is 5.37. The third-order valence-electron chi connectivity index (χ3n) is 2.42. The highest BCUT2D eigenvalue weighted by atomic mass is 16.5. The maximum absolute atomic E-state index is 5.27. The topological polar surface area (TPSA) is 103 Å². The minimum absolute atomic E-state index is 0.411. The molecule has 2 N–H and O–H groups in total. The number of nitrogens with one attached hydrogen (secondary N) is 2. The first kappa shape index (κ1) is 14.1. The standard InChI is InChI=1S/C11H18N8O/c1-3-20-6-4-5-14-10-16-9(12-2)17-11(18-10)19-8-13-7-15-19/h7-8H,3-6H2,1-2H3,(H2,12,14,16,17,18). The first-order valence-electron chi connectivity index (χ1n) is 6.44. The molecular formula is C11H18N8O. The molecule has 0 aromatic carbocycles. The molecule has 0 aliphatic carbocycles. The number of aromatic nitrogens is 6. The first-order valence-corrected chi connectivity index (χ1v) is 6.44. The van der Waals surface area contributed by atoms with Gasteiger partial charge in [-0.1, -0.05) is 0 Å². The third-order valence-corrected chi connectivity index (χ3v) is 2.42. The van der Waals surface area contributed by atoms with Crippen LogP contribution in [0.15, 0.2) is 12.7 Å². The monoisotopic (exact) mass is 278 g/mol. The summed E-state index contributed by atoms with van der Waals surface area (Å²) >= 11 is 0. The van der Waals surface area contributed by atoms with E-state index >= 15 is 0 Å². The molecule has 0 saturated carbocycles. The van der Waals surface area contributed by atoms with Gasteiger partial charge in [0, 0.05) is 26.8 Å². The Hall–Kier alpha value is -2.29. The maximum Gasteiger partial charge on any atom is 0.258 e. The quantitative estimate of drug-likeness (QED) is 0.666. The molecule has 0 aliphatic heterocycles. The van der Waals surface area contributed by atoms with Gasteiger partial charge in [0.05, 0.1) is 0 Å². The van der Waals surface area contributed by atoms with Crippen molar-refractivity contribution in [3.05, 3.63) is 12.7 Å². The molecule has 9 heteroatoms. The van der Waals surface area contributed by atoms with Crippen LogP contribution < -0.4 is 10.6 Å². The fraction of sp³-hybridized carbons (Fsp3) is 0.545. The molecule has 2 aromatic heterocycles. The summed E-state index contributed by atoms with van der Waals surface area (Å²) in [5, 5.41) is 10.0. The van der Waals surface area contributed by atoms with E-state index in [-0.39, 0.29) is 0 Å². The van der Waals surface area contributed by atoms with Crippen molar-refractivity contribution in [3.63, 3.8) is 0 Å². The van der Waals surface area contributed by atoms with Crippen molar-refractivity contribution in [1.29, 1.82) is 0 Å². The second-order valence-corrected chi connectivity index (χ2v) is 3.85. The lowest BCUT2D eigenvalue weighted by molar-refractivity contribution is 0.147. The lowest BCUT2D eigenvalue weighted by Crippen LogP contribution is -2.13. The Morgan fingerprint density at radius 1 is 1.25 bits per heavy atom. The Morgan fingerprint density at radius 3 is 2.80 bits per heavy atom. The minimum Gasteiger partial charge on any atom is -0.382 e. The average Bonchev–Trinajstić information content (AvgIpc) is 3.01. The van der Waals surface area contributed by atoms with E-state index in [0.29, 0.717) is 24.5 Å². The van der Waals surface area contributed by atoms with E-state index in [1.165, 1.54) is 17.3 Å². The van der Waals surface area contributed by atoms with Gasteiger partial charge in [-0.05, 0) is 13.3 Å². The zero-order chi connectivity index (χ0) is 14.2. The Bertz CT molecular complexity index is 515. The van der Waals surface area contributed by atoms with Crippen LogP contribution in [0.4, 0.5) is 11.9 Å². The molecular weight excluding hydrogens is 260 g/mol. The number of nitrogens with zero attached hydrogens (tertiary/aromatic N) is 6. The van der Waals surface area contributed by atoms with Crippen LogP contribution in [0, 0.1) is 0 Å². The minimum atomic E-state index is 0.411. The van der Waals surface area contributed by atoms with Crippen molar-refractivity contribution in [2.45, 2.75) is 13.3 Å². The fourth-order valence-electron chi connectivity index (χ4n) is 1.49. The average molecular weight is 278 g/mol. The van der Waals surface area contributed by atoms with Crippen molar-refractivity contribution >= 4 is 11.9 Å². The second-order valence-electron chi connectivity index (χ2n) is 3.85. The molecule has 108 valence electrons. The van der Waals surface area contributed by atoms with E-state index in [4.69, 9.17) is 4.74 Å². The molecule has 20 heavy (non-hydrogen) atoms. The second kappa shape index (κ2) is 7.34. The van der Waals surface area contributed by atoms with Crippen molar-refractivity contribution in [1.82, 2.24) is 29.7 Å².